The average Bonchev–Trinajstić information content (AvgIpc) is 3.48. The minimum atomic E-state index is -0.430. The summed E-state index contributed by atoms with van der Waals surface area (Å²) in [6.07, 6.45) is 0.805. The van der Waals surface area contributed by atoms with E-state index in [2.05, 4.69) is 16.4 Å². The molecule has 8 nitrogen and oxygen atoms in total. The van der Waals surface area contributed by atoms with Crippen LogP contribution in [-0.2, 0) is 11.2 Å². The normalized spacial score (nSPS) is 12.8. The summed E-state index contributed by atoms with van der Waals surface area (Å²) >= 11 is 1.34. The van der Waals surface area contributed by atoms with Crippen molar-refractivity contribution in [3.63, 3.8) is 0 Å². The van der Waals surface area contributed by atoms with Gasteiger partial charge in [-0.2, -0.15) is 0 Å². The molecule has 35 heavy (non-hydrogen) atoms. The molecular formula is C26H29N3O5S. The van der Waals surface area contributed by atoms with Crippen LogP contribution in [-0.4, -0.2) is 44.7 Å². The third-order valence-corrected chi connectivity index (χ3v) is 6.57. The number of rotatable bonds is 6. The highest BCUT2D eigenvalue weighted by molar-refractivity contribution is 7.14. The van der Waals surface area contributed by atoms with Crippen LogP contribution in [0.4, 0.5) is 10.8 Å². The summed E-state index contributed by atoms with van der Waals surface area (Å²) in [5.41, 5.74) is 3.71. The number of anilines is 2. The largest absolute Gasteiger partial charge is 0.493 e. The van der Waals surface area contributed by atoms with Gasteiger partial charge in [0.1, 0.15) is 0 Å². The summed E-state index contributed by atoms with van der Waals surface area (Å²) in [4.78, 5) is 32.1. The number of aromatic nitrogens is 1. The molecule has 1 aromatic heterocycles. The van der Waals surface area contributed by atoms with Gasteiger partial charge in [0.05, 0.1) is 27.0 Å². The van der Waals surface area contributed by atoms with Crippen LogP contribution in [0.3, 0.4) is 0 Å². The molecule has 0 radical (unpaired) electrons. The Labute approximate surface area is 208 Å². The quantitative estimate of drug-likeness (QED) is 0.516. The molecule has 2 amide bonds. The number of carbonyl (C=O) groups excluding carboxylic acids is 2. The van der Waals surface area contributed by atoms with E-state index in [0.29, 0.717) is 34.5 Å². The summed E-state index contributed by atoms with van der Waals surface area (Å²) in [5, 5.41) is 5.22. The number of thiazole rings is 1. The molecule has 1 aliphatic rings. The van der Waals surface area contributed by atoms with E-state index in [1.54, 1.807) is 12.1 Å². The second-order valence-corrected chi connectivity index (χ2v) is 10.1. The Kier molecular flexibility index (Phi) is 6.71. The van der Waals surface area contributed by atoms with Gasteiger partial charge in [-0.1, -0.05) is 26.8 Å². The molecule has 0 atom stereocenters. The number of nitrogens with zero attached hydrogens (tertiary/aromatic N) is 2. The first-order chi connectivity index (χ1) is 16.7. The lowest BCUT2D eigenvalue weighted by molar-refractivity contribution is -0.125. The van der Waals surface area contributed by atoms with Crippen LogP contribution in [0.2, 0.25) is 0 Å². The van der Waals surface area contributed by atoms with Gasteiger partial charge in [-0.3, -0.25) is 14.9 Å². The van der Waals surface area contributed by atoms with Gasteiger partial charge in [-0.15, -0.1) is 11.3 Å². The number of carbonyl (C=O) groups is 2. The smallest absolute Gasteiger partial charge is 0.257 e. The highest BCUT2D eigenvalue weighted by Gasteiger charge is 2.32. The van der Waals surface area contributed by atoms with E-state index in [1.807, 2.05) is 43.2 Å². The Balaban J connectivity index is 1.53. The Hall–Kier alpha value is -3.59. The van der Waals surface area contributed by atoms with E-state index in [0.717, 1.165) is 28.9 Å². The topological polar surface area (TPSA) is 90.0 Å². The molecule has 4 rings (SSSR count). The van der Waals surface area contributed by atoms with Gasteiger partial charge < -0.3 is 19.1 Å². The number of methoxy groups -OCH3 is 3. The van der Waals surface area contributed by atoms with Crippen molar-refractivity contribution in [3.8, 4) is 28.5 Å². The molecular weight excluding hydrogens is 466 g/mol. The molecule has 2 heterocycles. The first-order valence-electron chi connectivity index (χ1n) is 11.2. The van der Waals surface area contributed by atoms with E-state index in [1.165, 1.54) is 32.7 Å². The van der Waals surface area contributed by atoms with Crippen LogP contribution >= 0.6 is 11.3 Å². The van der Waals surface area contributed by atoms with Crippen molar-refractivity contribution in [3.05, 3.63) is 46.8 Å². The maximum Gasteiger partial charge on any atom is 0.257 e. The fourth-order valence-electron chi connectivity index (χ4n) is 4.02. The van der Waals surface area contributed by atoms with Crippen molar-refractivity contribution in [2.45, 2.75) is 27.2 Å². The molecule has 3 aromatic rings. The van der Waals surface area contributed by atoms with E-state index >= 15 is 0 Å². The lowest BCUT2D eigenvalue weighted by atomic mass is 9.94. The fraction of sp³-hybridized carbons (Fsp3) is 0.346. The highest BCUT2D eigenvalue weighted by Crippen LogP contribution is 2.39. The van der Waals surface area contributed by atoms with Gasteiger partial charge >= 0.3 is 0 Å². The van der Waals surface area contributed by atoms with Gasteiger partial charge in [0.2, 0.25) is 11.7 Å². The van der Waals surface area contributed by atoms with Crippen LogP contribution in [0.1, 0.15) is 36.7 Å². The predicted molar refractivity (Wildman–Crippen MR) is 137 cm³/mol. The predicted octanol–water partition coefficient (Wildman–Crippen LogP) is 5.02. The molecule has 0 saturated heterocycles. The molecule has 9 heteroatoms. The second kappa shape index (κ2) is 9.58. The van der Waals surface area contributed by atoms with Crippen LogP contribution < -0.4 is 24.4 Å². The molecule has 2 aromatic carbocycles. The van der Waals surface area contributed by atoms with Gasteiger partial charge in [0.25, 0.3) is 5.91 Å². The summed E-state index contributed by atoms with van der Waals surface area (Å²) in [7, 11) is 4.51. The standard InChI is InChI=1S/C26H29N3O5S/c1-26(2,3)24(31)29-10-9-16-11-15(7-8-19(16)29)18-14-35-25(27-18)28-23(30)17-12-20(32-4)22(34-6)21(13-17)33-5/h7-8,11-14H,9-10H2,1-6H3,(H,27,28,30). The summed E-state index contributed by atoms with van der Waals surface area (Å²) in [5.74, 6) is 0.996. The number of fused-ring (bicyclic) bond motifs is 1. The maximum absolute atomic E-state index is 12.9. The van der Waals surface area contributed by atoms with E-state index in [9.17, 15) is 9.59 Å². The van der Waals surface area contributed by atoms with Crippen LogP contribution in [0, 0.1) is 5.41 Å². The third kappa shape index (κ3) is 4.81. The third-order valence-electron chi connectivity index (χ3n) is 5.81. The van der Waals surface area contributed by atoms with Crippen LogP contribution in [0.5, 0.6) is 17.2 Å². The SMILES string of the molecule is COc1cc(C(=O)Nc2nc(-c3ccc4c(c3)CCN4C(=O)C(C)(C)C)cs2)cc(OC)c1OC. The van der Waals surface area contributed by atoms with Gasteiger partial charge in [0, 0.05) is 34.2 Å². The first kappa shape index (κ1) is 24.5. The van der Waals surface area contributed by atoms with E-state index in [-0.39, 0.29) is 11.8 Å². The van der Waals surface area contributed by atoms with Crippen LogP contribution in [0.25, 0.3) is 11.3 Å². The molecule has 0 bridgehead atoms. The van der Waals surface area contributed by atoms with E-state index in [4.69, 9.17) is 14.2 Å². The monoisotopic (exact) mass is 495 g/mol. The molecule has 184 valence electrons. The Morgan fingerprint density at radius 2 is 1.71 bits per heavy atom. The minimum absolute atomic E-state index is 0.120. The van der Waals surface area contributed by atoms with Gasteiger partial charge in [-0.05, 0) is 36.2 Å². The molecule has 1 N–H and O–H groups in total. The second-order valence-electron chi connectivity index (χ2n) is 9.21. The molecule has 1 aliphatic heterocycles. The highest BCUT2D eigenvalue weighted by atomic mass is 32.1. The zero-order valence-electron chi connectivity index (χ0n) is 20.7. The molecule has 0 saturated carbocycles. The number of benzene rings is 2. The molecule has 0 aliphatic carbocycles. The summed E-state index contributed by atoms with van der Waals surface area (Å²) in [6.45, 7) is 6.49. The van der Waals surface area contributed by atoms with E-state index < -0.39 is 5.41 Å². The number of hydrogen-bond acceptors (Lipinski definition) is 7. The number of amides is 2. The first-order valence-corrected chi connectivity index (χ1v) is 12.1. The molecule has 0 unspecified atom stereocenters. The Morgan fingerprint density at radius 1 is 1.03 bits per heavy atom. The van der Waals surface area contributed by atoms with Crippen molar-refractivity contribution in [2.75, 3.05) is 38.1 Å². The Morgan fingerprint density at radius 3 is 2.31 bits per heavy atom. The molecule has 0 fully saturated rings. The lowest BCUT2D eigenvalue weighted by Gasteiger charge is -2.26. The summed E-state index contributed by atoms with van der Waals surface area (Å²) in [6, 6.07) is 9.21. The Bertz CT molecular complexity index is 1250. The zero-order chi connectivity index (χ0) is 25.3. The average molecular weight is 496 g/mol. The van der Waals surface area contributed by atoms with Crippen molar-refractivity contribution < 1.29 is 23.8 Å². The minimum Gasteiger partial charge on any atom is -0.493 e. The number of ether oxygens (including phenoxy) is 3. The van der Waals surface area contributed by atoms with Crippen molar-refractivity contribution in [2.24, 2.45) is 5.41 Å². The van der Waals surface area contributed by atoms with Crippen LogP contribution in [0.15, 0.2) is 35.7 Å². The summed E-state index contributed by atoms with van der Waals surface area (Å²) < 4.78 is 16.0. The maximum atomic E-state index is 12.9. The number of nitrogens with one attached hydrogen (secondary N) is 1. The molecule has 0 spiro atoms. The van der Waals surface area contributed by atoms with Gasteiger partial charge in [-0.25, -0.2) is 4.98 Å². The zero-order valence-corrected chi connectivity index (χ0v) is 21.5. The van der Waals surface area contributed by atoms with Gasteiger partial charge in [0.15, 0.2) is 16.6 Å². The lowest BCUT2D eigenvalue weighted by Crippen LogP contribution is -2.38. The van der Waals surface area contributed by atoms with Crippen molar-refractivity contribution in [1.82, 2.24) is 4.98 Å². The van der Waals surface area contributed by atoms with Crippen molar-refractivity contribution in [1.29, 1.82) is 0 Å². The number of hydrogen-bond donors (Lipinski definition) is 1. The fourth-order valence-corrected chi connectivity index (χ4v) is 4.74. The van der Waals surface area contributed by atoms with Crippen molar-refractivity contribution >= 4 is 34.0 Å².